The molecule has 0 saturated heterocycles. The summed E-state index contributed by atoms with van der Waals surface area (Å²) in [5, 5.41) is 15.5. The predicted octanol–water partition coefficient (Wildman–Crippen LogP) is 5.07. The SMILES string of the molecule is O=[N+]([O-])c1cccc2c1N[C@H](c1cccc(Cl)c1)[C@@H]1CC=C[C@@H]21. The molecule has 1 N–H and O–H groups in total. The van der Waals surface area contributed by atoms with Crippen molar-refractivity contribution in [3.8, 4) is 0 Å². The molecule has 0 radical (unpaired) electrons. The average molecular weight is 327 g/mol. The molecule has 4 nitrogen and oxygen atoms in total. The summed E-state index contributed by atoms with van der Waals surface area (Å²) in [5.41, 5.74) is 2.85. The van der Waals surface area contributed by atoms with Crippen LogP contribution in [0.4, 0.5) is 11.4 Å². The maximum Gasteiger partial charge on any atom is 0.292 e. The molecule has 1 aliphatic carbocycles. The number of nitrogens with zero attached hydrogens (tertiary/aromatic N) is 1. The van der Waals surface area contributed by atoms with Crippen LogP contribution in [0.1, 0.15) is 29.5 Å². The zero-order valence-corrected chi connectivity index (χ0v) is 13.0. The van der Waals surface area contributed by atoms with Crippen LogP contribution in [0.3, 0.4) is 0 Å². The molecule has 1 heterocycles. The van der Waals surface area contributed by atoms with E-state index in [-0.39, 0.29) is 22.6 Å². The van der Waals surface area contributed by atoms with E-state index in [1.165, 1.54) is 0 Å². The highest BCUT2D eigenvalue weighted by atomic mass is 35.5. The van der Waals surface area contributed by atoms with Crippen LogP contribution in [-0.4, -0.2) is 4.92 Å². The molecular weight excluding hydrogens is 312 g/mol. The molecule has 116 valence electrons. The summed E-state index contributed by atoms with van der Waals surface area (Å²) < 4.78 is 0. The fourth-order valence-corrected chi connectivity index (χ4v) is 3.99. The van der Waals surface area contributed by atoms with Crippen molar-refractivity contribution in [3.63, 3.8) is 0 Å². The number of hydrogen-bond acceptors (Lipinski definition) is 3. The van der Waals surface area contributed by atoms with Gasteiger partial charge in [0, 0.05) is 17.0 Å². The number of allylic oxidation sites excluding steroid dienone is 2. The molecule has 23 heavy (non-hydrogen) atoms. The Labute approximate surface area is 138 Å². The number of nitro groups is 1. The second-order valence-corrected chi connectivity index (χ2v) is 6.47. The molecule has 2 aromatic rings. The Morgan fingerprint density at radius 2 is 2.04 bits per heavy atom. The lowest BCUT2D eigenvalue weighted by Gasteiger charge is -2.37. The van der Waals surface area contributed by atoms with E-state index in [4.69, 9.17) is 11.6 Å². The van der Waals surface area contributed by atoms with E-state index in [9.17, 15) is 10.1 Å². The molecular formula is C18H15ClN2O2. The van der Waals surface area contributed by atoms with Gasteiger partial charge in [0.15, 0.2) is 0 Å². The molecule has 2 aromatic carbocycles. The van der Waals surface area contributed by atoms with Gasteiger partial charge in [-0.1, -0.05) is 48.0 Å². The van der Waals surface area contributed by atoms with Crippen molar-refractivity contribution >= 4 is 23.0 Å². The van der Waals surface area contributed by atoms with Gasteiger partial charge in [0.2, 0.25) is 0 Å². The zero-order chi connectivity index (χ0) is 16.0. The minimum absolute atomic E-state index is 0.0160. The van der Waals surface area contributed by atoms with Crippen LogP contribution in [0.5, 0.6) is 0 Å². The fourth-order valence-electron chi connectivity index (χ4n) is 3.79. The van der Waals surface area contributed by atoms with E-state index >= 15 is 0 Å². The van der Waals surface area contributed by atoms with Crippen LogP contribution >= 0.6 is 11.6 Å². The standard InChI is InChI=1S/C18H15ClN2O2/c19-12-5-1-4-11(10-12)17-14-7-2-6-13(14)15-8-3-9-16(21(22)23)18(15)20-17/h1-6,8-10,13-14,17,20H,7H2/t13-,14-,17-/m1/s1. The Kier molecular flexibility index (Phi) is 3.34. The van der Waals surface area contributed by atoms with Crippen molar-refractivity contribution in [3.05, 3.63) is 80.9 Å². The minimum Gasteiger partial charge on any atom is -0.372 e. The normalized spacial score (nSPS) is 24.7. The summed E-state index contributed by atoms with van der Waals surface area (Å²) in [7, 11) is 0. The summed E-state index contributed by atoms with van der Waals surface area (Å²) in [6.07, 6.45) is 5.30. The van der Waals surface area contributed by atoms with E-state index < -0.39 is 0 Å². The molecule has 0 fully saturated rings. The highest BCUT2D eigenvalue weighted by Gasteiger charge is 2.40. The summed E-state index contributed by atoms with van der Waals surface area (Å²) in [4.78, 5) is 11.1. The number of nitro benzene ring substituents is 1. The number of hydrogen-bond donors (Lipinski definition) is 1. The number of nitrogens with one attached hydrogen (secondary N) is 1. The molecule has 3 atom stereocenters. The first-order valence-electron chi connectivity index (χ1n) is 7.61. The Morgan fingerprint density at radius 1 is 1.22 bits per heavy atom. The molecule has 0 spiro atoms. The van der Waals surface area contributed by atoms with Crippen molar-refractivity contribution in [1.82, 2.24) is 0 Å². The van der Waals surface area contributed by atoms with Gasteiger partial charge in [-0.15, -0.1) is 0 Å². The van der Waals surface area contributed by atoms with Crippen LogP contribution in [0.2, 0.25) is 5.02 Å². The molecule has 5 heteroatoms. The molecule has 0 bridgehead atoms. The lowest BCUT2D eigenvalue weighted by atomic mass is 9.77. The quantitative estimate of drug-likeness (QED) is 0.476. The number of para-hydroxylation sites is 1. The summed E-state index contributed by atoms with van der Waals surface area (Å²) in [6.45, 7) is 0. The maximum atomic E-state index is 11.4. The van der Waals surface area contributed by atoms with Crippen LogP contribution in [0.15, 0.2) is 54.6 Å². The second-order valence-electron chi connectivity index (χ2n) is 6.03. The van der Waals surface area contributed by atoms with E-state index in [0.29, 0.717) is 16.6 Å². The Hall–Kier alpha value is -2.33. The second kappa shape index (κ2) is 5.39. The number of halogens is 1. The zero-order valence-electron chi connectivity index (χ0n) is 12.3. The number of fused-ring (bicyclic) bond motifs is 3. The van der Waals surface area contributed by atoms with Crippen molar-refractivity contribution < 1.29 is 4.92 Å². The highest BCUT2D eigenvalue weighted by Crippen LogP contribution is 2.52. The third kappa shape index (κ3) is 2.30. The Morgan fingerprint density at radius 3 is 2.83 bits per heavy atom. The Bertz CT molecular complexity index is 818. The van der Waals surface area contributed by atoms with E-state index in [0.717, 1.165) is 17.5 Å². The monoisotopic (exact) mass is 326 g/mol. The molecule has 1 aliphatic heterocycles. The maximum absolute atomic E-state index is 11.4. The van der Waals surface area contributed by atoms with Gasteiger partial charge in [-0.05, 0) is 35.6 Å². The Balaban J connectivity index is 1.85. The third-order valence-corrected chi connectivity index (χ3v) is 5.01. The molecule has 0 unspecified atom stereocenters. The first-order valence-corrected chi connectivity index (χ1v) is 7.99. The average Bonchev–Trinajstić information content (AvgIpc) is 3.03. The number of rotatable bonds is 2. The van der Waals surface area contributed by atoms with Crippen LogP contribution < -0.4 is 5.32 Å². The molecule has 0 aromatic heterocycles. The van der Waals surface area contributed by atoms with Gasteiger partial charge < -0.3 is 5.32 Å². The topological polar surface area (TPSA) is 55.2 Å². The number of benzene rings is 2. The van der Waals surface area contributed by atoms with E-state index in [2.05, 4.69) is 17.5 Å². The van der Waals surface area contributed by atoms with Gasteiger partial charge in [0.05, 0.1) is 11.0 Å². The molecule has 0 amide bonds. The summed E-state index contributed by atoms with van der Waals surface area (Å²) in [5.74, 6) is 0.554. The highest BCUT2D eigenvalue weighted by molar-refractivity contribution is 6.30. The first kappa shape index (κ1) is 14.3. The van der Waals surface area contributed by atoms with Gasteiger partial charge in [-0.2, -0.15) is 0 Å². The van der Waals surface area contributed by atoms with Crippen molar-refractivity contribution in [2.24, 2.45) is 5.92 Å². The molecule has 2 aliphatic rings. The predicted molar refractivity (Wildman–Crippen MR) is 90.9 cm³/mol. The third-order valence-electron chi connectivity index (χ3n) is 4.78. The summed E-state index contributed by atoms with van der Waals surface area (Å²) in [6, 6.07) is 13.0. The van der Waals surface area contributed by atoms with Crippen molar-refractivity contribution in [2.75, 3.05) is 5.32 Å². The van der Waals surface area contributed by atoms with Crippen molar-refractivity contribution in [2.45, 2.75) is 18.4 Å². The van der Waals surface area contributed by atoms with Gasteiger partial charge >= 0.3 is 0 Å². The number of anilines is 1. The van der Waals surface area contributed by atoms with Crippen LogP contribution in [-0.2, 0) is 0 Å². The minimum atomic E-state index is -0.320. The summed E-state index contributed by atoms with van der Waals surface area (Å²) >= 11 is 6.14. The lowest BCUT2D eigenvalue weighted by Crippen LogP contribution is -2.29. The molecule has 0 saturated carbocycles. The largest absolute Gasteiger partial charge is 0.372 e. The lowest BCUT2D eigenvalue weighted by molar-refractivity contribution is -0.384. The van der Waals surface area contributed by atoms with Gasteiger partial charge in [0.25, 0.3) is 5.69 Å². The van der Waals surface area contributed by atoms with Crippen molar-refractivity contribution in [1.29, 1.82) is 0 Å². The van der Waals surface area contributed by atoms with E-state index in [1.54, 1.807) is 12.1 Å². The smallest absolute Gasteiger partial charge is 0.292 e. The first-order chi connectivity index (χ1) is 11.1. The van der Waals surface area contributed by atoms with Gasteiger partial charge in [0.1, 0.15) is 5.69 Å². The van der Waals surface area contributed by atoms with E-state index in [1.807, 2.05) is 30.3 Å². The van der Waals surface area contributed by atoms with Crippen LogP contribution in [0.25, 0.3) is 0 Å². The van der Waals surface area contributed by atoms with Crippen LogP contribution in [0, 0.1) is 16.0 Å². The fraction of sp³-hybridized carbons (Fsp3) is 0.222. The van der Waals surface area contributed by atoms with Gasteiger partial charge in [-0.3, -0.25) is 10.1 Å². The van der Waals surface area contributed by atoms with Gasteiger partial charge in [-0.25, -0.2) is 0 Å². The molecule has 4 rings (SSSR count).